The number of amides is 1. The second-order valence-electron chi connectivity index (χ2n) is 6.39. The molecule has 2 aromatic carbocycles. The van der Waals surface area contributed by atoms with Gasteiger partial charge < -0.3 is 14.6 Å². The van der Waals surface area contributed by atoms with Crippen LogP contribution in [-0.2, 0) is 16.1 Å². The molecule has 1 aliphatic heterocycles. The van der Waals surface area contributed by atoms with Crippen molar-refractivity contribution in [2.75, 3.05) is 7.11 Å². The summed E-state index contributed by atoms with van der Waals surface area (Å²) in [5, 5.41) is 6.77. The number of hydrogen-bond donors (Lipinski definition) is 2. The summed E-state index contributed by atoms with van der Waals surface area (Å²) < 4.78 is 6.89. The third kappa shape index (κ3) is 3.39. The van der Waals surface area contributed by atoms with Crippen molar-refractivity contribution in [3.05, 3.63) is 77.1 Å². The number of carbonyl (C=O) groups is 2. The van der Waals surface area contributed by atoms with Gasteiger partial charge in [0.05, 0.1) is 12.7 Å². The van der Waals surface area contributed by atoms with E-state index in [0.29, 0.717) is 22.9 Å². The Morgan fingerprint density at radius 2 is 2.00 bits per heavy atom. The molecular weight excluding hydrogens is 374 g/mol. The molecule has 1 saturated heterocycles. The Labute approximate surface area is 166 Å². The molecular formula is C21H17N3O3S. The smallest absolute Gasteiger partial charge is 0.337 e. The molecule has 0 aliphatic carbocycles. The number of rotatable bonds is 4. The van der Waals surface area contributed by atoms with Gasteiger partial charge in [-0.05, 0) is 42.1 Å². The lowest BCUT2D eigenvalue weighted by Crippen LogP contribution is -2.21. The first-order valence-corrected chi connectivity index (χ1v) is 9.05. The third-order valence-electron chi connectivity index (χ3n) is 4.54. The highest BCUT2D eigenvalue weighted by molar-refractivity contribution is 7.80. The zero-order valence-electron chi connectivity index (χ0n) is 15.1. The van der Waals surface area contributed by atoms with E-state index in [1.54, 1.807) is 12.1 Å². The van der Waals surface area contributed by atoms with Gasteiger partial charge in [0.15, 0.2) is 5.11 Å². The monoisotopic (exact) mass is 391 g/mol. The first-order valence-electron chi connectivity index (χ1n) is 8.64. The highest BCUT2D eigenvalue weighted by atomic mass is 32.1. The number of carbonyl (C=O) groups excluding carboxylic acids is 2. The van der Waals surface area contributed by atoms with Crippen LogP contribution in [0, 0.1) is 0 Å². The van der Waals surface area contributed by atoms with E-state index in [0.717, 1.165) is 22.0 Å². The molecule has 1 fully saturated rings. The van der Waals surface area contributed by atoms with Gasteiger partial charge in [0.25, 0.3) is 5.91 Å². The Kier molecular flexibility index (Phi) is 4.67. The minimum Gasteiger partial charge on any atom is -0.465 e. The number of thiocarbonyl (C=S) groups is 1. The SMILES string of the molecule is COC(=O)c1cccc(Cn2cc(/C=C3/NC(=S)NC3=O)c3ccccc32)c1. The summed E-state index contributed by atoms with van der Waals surface area (Å²) in [6.07, 6.45) is 3.77. The minimum absolute atomic E-state index is 0.243. The van der Waals surface area contributed by atoms with E-state index < -0.39 is 0 Å². The van der Waals surface area contributed by atoms with Crippen LogP contribution in [0.2, 0.25) is 0 Å². The average molecular weight is 391 g/mol. The topological polar surface area (TPSA) is 72.4 Å². The van der Waals surface area contributed by atoms with Crippen molar-refractivity contribution in [2.24, 2.45) is 0 Å². The maximum Gasteiger partial charge on any atom is 0.337 e. The van der Waals surface area contributed by atoms with Gasteiger partial charge in [-0.3, -0.25) is 10.1 Å². The highest BCUT2D eigenvalue weighted by Gasteiger charge is 2.20. The van der Waals surface area contributed by atoms with Crippen molar-refractivity contribution >= 4 is 46.2 Å². The molecule has 7 heteroatoms. The van der Waals surface area contributed by atoms with Crippen LogP contribution in [0.1, 0.15) is 21.5 Å². The predicted octanol–water partition coefficient (Wildman–Crippen LogP) is 2.82. The molecule has 0 radical (unpaired) electrons. The number of methoxy groups -OCH3 is 1. The summed E-state index contributed by atoms with van der Waals surface area (Å²) in [6.45, 7) is 0.576. The molecule has 3 aromatic rings. The first-order chi connectivity index (χ1) is 13.5. The maximum atomic E-state index is 12.0. The summed E-state index contributed by atoms with van der Waals surface area (Å²) in [5.41, 5.74) is 3.83. The summed E-state index contributed by atoms with van der Waals surface area (Å²) in [4.78, 5) is 23.8. The van der Waals surface area contributed by atoms with Crippen LogP contribution >= 0.6 is 12.2 Å². The van der Waals surface area contributed by atoms with Crippen LogP contribution in [-0.4, -0.2) is 28.7 Å². The molecule has 0 atom stereocenters. The number of aromatic nitrogens is 1. The predicted molar refractivity (Wildman–Crippen MR) is 111 cm³/mol. The lowest BCUT2D eigenvalue weighted by molar-refractivity contribution is -0.115. The lowest BCUT2D eigenvalue weighted by atomic mass is 10.1. The number of hydrogen-bond acceptors (Lipinski definition) is 4. The van der Waals surface area contributed by atoms with Crippen molar-refractivity contribution in [3.8, 4) is 0 Å². The standard InChI is InChI=1S/C21H17N3O3S/c1-27-20(26)14-6-4-5-13(9-14)11-24-12-15(16-7-2-3-8-18(16)24)10-17-19(25)23-21(28)22-17/h2-10,12H,11H2,1H3,(H2,22,23,25,28)/b17-10+. The number of nitrogens with zero attached hydrogens (tertiary/aromatic N) is 1. The average Bonchev–Trinajstić information content (AvgIpc) is 3.21. The summed E-state index contributed by atoms with van der Waals surface area (Å²) in [5.74, 6) is -0.605. The van der Waals surface area contributed by atoms with E-state index in [1.807, 2.05) is 48.7 Å². The van der Waals surface area contributed by atoms with E-state index in [4.69, 9.17) is 17.0 Å². The lowest BCUT2D eigenvalue weighted by Gasteiger charge is -2.07. The fourth-order valence-corrected chi connectivity index (χ4v) is 3.47. The molecule has 1 amide bonds. The fraction of sp³-hybridized carbons (Fsp3) is 0.0952. The number of benzene rings is 2. The van der Waals surface area contributed by atoms with Crippen LogP contribution in [0.4, 0.5) is 0 Å². The zero-order valence-corrected chi connectivity index (χ0v) is 15.9. The first kappa shape index (κ1) is 17.9. The molecule has 4 rings (SSSR count). The summed E-state index contributed by atoms with van der Waals surface area (Å²) in [7, 11) is 1.37. The van der Waals surface area contributed by atoms with Gasteiger partial charge in [0.2, 0.25) is 0 Å². The molecule has 0 saturated carbocycles. The third-order valence-corrected chi connectivity index (χ3v) is 4.74. The fourth-order valence-electron chi connectivity index (χ4n) is 3.27. The van der Waals surface area contributed by atoms with Crippen LogP contribution in [0.3, 0.4) is 0 Å². The van der Waals surface area contributed by atoms with E-state index in [9.17, 15) is 9.59 Å². The minimum atomic E-state index is -0.362. The van der Waals surface area contributed by atoms with Crippen molar-refractivity contribution in [2.45, 2.75) is 6.54 Å². The van der Waals surface area contributed by atoms with Crippen molar-refractivity contribution < 1.29 is 14.3 Å². The van der Waals surface area contributed by atoms with Crippen LogP contribution in [0.5, 0.6) is 0 Å². The molecule has 1 aromatic heterocycles. The van der Waals surface area contributed by atoms with Crippen LogP contribution in [0.15, 0.2) is 60.4 Å². The number of esters is 1. The molecule has 28 heavy (non-hydrogen) atoms. The second kappa shape index (κ2) is 7.28. The zero-order chi connectivity index (χ0) is 19.7. The number of para-hydroxylation sites is 1. The van der Waals surface area contributed by atoms with E-state index in [2.05, 4.69) is 15.2 Å². The van der Waals surface area contributed by atoms with Crippen LogP contribution < -0.4 is 10.6 Å². The Balaban J connectivity index is 1.73. The van der Waals surface area contributed by atoms with Gasteiger partial charge in [-0.25, -0.2) is 4.79 Å². The summed E-state index contributed by atoms with van der Waals surface area (Å²) >= 11 is 4.99. The molecule has 1 aliphatic rings. The molecule has 0 spiro atoms. The highest BCUT2D eigenvalue weighted by Crippen LogP contribution is 2.25. The number of fused-ring (bicyclic) bond motifs is 1. The van der Waals surface area contributed by atoms with E-state index in [1.165, 1.54) is 7.11 Å². The van der Waals surface area contributed by atoms with Gasteiger partial charge in [-0.1, -0.05) is 30.3 Å². The molecule has 140 valence electrons. The number of ether oxygens (including phenoxy) is 1. The molecule has 0 bridgehead atoms. The quantitative estimate of drug-likeness (QED) is 0.407. The van der Waals surface area contributed by atoms with Crippen LogP contribution in [0.25, 0.3) is 17.0 Å². The van der Waals surface area contributed by atoms with Crippen molar-refractivity contribution in [3.63, 3.8) is 0 Å². The van der Waals surface area contributed by atoms with Crippen molar-refractivity contribution in [1.29, 1.82) is 0 Å². The normalized spacial score (nSPS) is 15.0. The van der Waals surface area contributed by atoms with E-state index >= 15 is 0 Å². The summed E-state index contributed by atoms with van der Waals surface area (Å²) in [6, 6.07) is 15.3. The number of nitrogens with one attached hydrogen (secondary N) is 2. The van der Waals surface area contributed by atoms with Gasteiger partial charge in [-0.2, -0.15) is 0 Å². The van der Waals surface area contributed by atoms with Gasteiger partial charge in [0.1, 0.15) is 5.70 Å². The molecule has 2 N–H and O–H groups in total. The largest absolute Gasteiger partial charge is 0.465 e. The maximum absolute atomic E-state index is 12.0. The van der Waals surface area contributed by atoms with Crippen molar-refractivity contribution in [1.82, 2.24) is 15.2 Å². The molecule has 2 heterocycles. The molecule has 0 unspecified atom stereocenters. The molecule has 6 nitrogen and oxygen atoms in total. The van der Waals surface area contributed by atoms with Gasteiger partial charge in [0, 0.05) is 29.2 Å². The Morgan fingerprint density at radius 1 is 1.18 bits per heavy atom. The second-order valence-corrected chi connectivity index (χ2v) is 6.80. The van der Waals surface area contributed by atoms with Gasteiger partial charge in [-0.15, -0.1) is 0 Å². The Bertz CT molecular complexity index is 1150. The van der Waals surface area contributed by atoms with Gasteiger partial charge >= 0.3 is 5.97 Å². The Morgan fingerprint density at radius 3 is 2.75 bits per heavy atom. The van der Waals surface area contributed by atoms with E-state index in [-0.39, 0.29) is 11.9 Å². The Hall–Kier alpha value is -3.45.